The number of pyridine rings is 2. The van der Waals surface area contributed by atoms with Crippen molar-refractivity contribution in [3.8, 4) is 23.0 Å². The van der Waals surface area contributed by atoms with Crippen LogP contribution in [0.2, 0.25) is 0 Å². The lowest BCUT2D eigenvalue weighted by Crippen LogP contribution is -2.48. The summed E-state index contributed by atoms with van der Waals surface area (Å²) < 4.78 is 109. The average Bonchev–Trinajstić information content (AvgIpc) is 3.79. The van der Waals surface area contributed by atoms with Gasteiger partial charge in [-0.3, -0.25) is 14.3 Å². The molecule has 0 radical (unpaired) electrons. The van der Waals surface area contributed by atoms with Crippen molar-refractivity contribution in [2.45, 2.75) is 67.4 Å². The van der Waals surface area contributed by atoms with Gasteiger partial charge in [-0.25, -0.2) is 18.7 Å². The highest BCUT2D eigenvalue weighted by Gasteiger charge is 2.58. The minimum absolute atomic E-state index is 0.00624. The number of benzene rings is 1. The van der Waals surface area contributed by atoms with Crippen LogP contribution in [0.5, 0.6) is 0 Å². The van der Waals surface area contributed by atoms with E-state index < -0.39 is 80.5 Å². The summed E-state index contributed by atoms with van der Waals surface area (Å²) in [5.41, 5.74) is -3.61. The molecule has 5 aromatic rings. The molecule has 0 bridgehead atoms. The zero-order valence-corrected chi connectivity index (χ0v) is 32.9. The first-order valence-electron chi connectivity index (χ1n) is 17.8. The number of fused-ring (bicyclic) bond motifs is 2. The van der Waals surface area contributed by atoms with Gasteiger partial charge in [-0.2, -0.15) is 27.1 Å². The van der Waals surface area contributed by atoms with Crippen molar-refractivity contribution in [1.29, 1.82) is 0 Å². The Bertz CT molecular complexity index is 2480. The lowest BCUT2D eigenvalue weighted by atomic mass is 9.94. The largest absolute Gasteiger partial charge is 0.435 e. The van der Waals surface area contributed by atoms with Gasteiger partial charge in [0.05, 0.1) is 36.6 Å². The number of ether oxygens (including phenoxy) is 1. The Morgan fingerprint density at radius 3 is 2.47 bits per heavy atom. The van der Waals surface area contributed by atoms with Gasteiger partial charge in [-0.05, 0) is 62.1 Å². The van der Waals surface area contributed by atoms with Crippen molar-refractivity contribution < 1.29 is 50.2 Å². The Labute approximate surface area is 339 Å². The summed E-state index contributed by atoms with van der Waals surface area (Å²) in [7, 11) is 0. The van der Waals surface area contributed by atoms with Crippen molar-refractivity contribution in [3.05, 3.63) is 106 Å². The minimum atomic E-state index is -5.11. The second-order valence-electron chi connectivity index (χ2n) is 14.6. The fraction of sp³-hybridized carbons (Fsp3) is 0.359. The van der Waals surface area contributed by atoms with Gasteiger partial charge in [0.25, 0.3) is 11.8 Å². The number of carbonyl (C=O) groups is 2. The van der Waals surface area contributed by atoms with Gasteiger partial charge in [0.1, 0.15) is 40.8 Å². The summed E-state index contributed by atoms with van der Waals surface area (Å²) in [5.74, 6) is -3.41. The van der Waals surface area contributed by atoms with Crippen LogP contribution in [0.4, 0.5) is 30.7 Å². The van der Waals surface area contributed by atoms with Crippen molar-refractivity contribution >= 4 is 40.1 Å². The highest BCUT2D eigenvalue weighted by molar-refractivity contribution is 14.1. The number of imidazole rings is 1. The molecule has 1 saturated heterocycles. The molecule has 3 N–H and O–H groups in total. The zero-order valence-electron chi connectivity index (χ0n) is 30.8. The van der Waals surface area contributed by atoms with Crippen LogP contribution in [0.3, 0.4) is 0 Å². The quantitative estimate of drug-likeness (QED) is 0.0669. The Kier molecular flexibility index (Phi) is 10.8. The molecular formula is C39H33F7IN7O4. The van der Waals surface area contributed by atoms with Crippen LogP contribution in [0, 0.1) is 29.4 Å². The Balaban J connectivity index is 1.36. The number of amides is 2. The summed E-state index contributed by atoms with van der Waals surface area (Å²) in [6, 6.07) is 5.61. The first-order chi connectivity index (χ1) is 27.2. The third-order valence-corrected chi connectivity index (χ3v) is 11.3. The monoisotopic (exact) mass is 923 g/mol. The second kappa shape index (κ2) is 15.3. The van der Waals surface area contributed by atoms with E-state index in [1.807, 2.05) is 0 Å². The number of halogens is 8. The van der Waals surface area contributed by atoms with E-state index >= 15 is 8.78 Å². The molecule has 0 saturated carbocycles. The van der Waals surface area contributed by atoms with Crippen LogP contribution in [-0.4, -0.2) is 65.9 Å². The van der Waals surface area contributed by atoms with Gasteiger partial charge in [-0.15, -0.1) is 0 Å². The number of carbonyl (C=O) groups excluding carboxylic acids is 2. The Hall–Kier alpha value is -5.07. The molecule has 1 aliphatic heterocycles. The first-order valence-corrected chi connectivity index (χ1v) is 19.0. The summed E-state index contributed by atoms with van der Waals surface area (Å²) in [5, 5.41) is 19.3. The third-order valence-electron chi connectivity index (χ3n) is 9.62. The van der Waals surface area contributed by atoms with Crippen LogP contribution in [-0.2, 0) is 34.6 Å². The molecule has 2 amide bonds. The molecule has 0 unspecified atom stereocenters. The van der Waals surface area contributed by atoms with E-state index in [0.717, 1.165) is 19.1 Å². The predicted molar refractivity (Wildman–Crippen MR) is 202 cm³/mol. The fourth-order valence-electron chi connectivity index (χ4n) is 6.82. The van der Waals surface area contributed by atoms with E-state index in [-0.39, 0.29) is 40.5 Å². The number of nitrogens with zero attached hydrogens (tertiary/aromatic N) is 5. The van der Waals surface area contributed by atoms with Crippen LogP contribution in [0.15, 0.2) is 55.0 Å². The number of aromatic nitrogens is 5. The Morgan fingerprint density at radius 2 is 1.83 bits per heavy atom. The third kappa shape index (κ3) is 8.27. The maximum absolute atomic E-state index is 15.6. The number of hydrogen-bond donors (Lipinski definition) is 3. The standard InChI is InChI=1S/C39H33F7IN7O4/c1-19-31(47)30-33(39(44,45)46)52-54(34(30)38(19,42)43)16-29(55)51-28(12-20-10-22(40)14-23(41)11-20)32-26(5-4-24(49-32)6-7-37(2,3)57)21-13-27(35-48-8-9-53(35)15-21)36(56)50-25-17-58-18-25/h4-5,8-11,13-15,19,25,28,31,57H,12,16-18H2,1-3H3,(H,50,56)(H,51,55)/t19-,28+,31+/m1/s1. The maximum Gasteiger partial charge on any atom is 0.435 e. The fourth-order valence-corrected chi connectivity index (χ4v) is 7.86. The molecule has 0 spiro atoms. The van der Waals surface area contributed by atoms with E-state index in [1.54, 1.807) is 22.9 Å². The lowest BCUT2D eigenvalue weighted by Gasteiger charge is -2.27. The summed E-state index contributed by atoms with van der Waals surface area (Å²) in [6.07, 6.45) is -0.814. The molecule has 2 aliphatic rings. The van der Waals surface area contributed by atoms with Crippen LogP contribution < -0.4 is 10.6 Å². The molecule has 7 rings (SSSR count). The van der Waals surface area contributed by atoms with Crippen molar-refractivity contribution in [3.63, 3.8) is 0 Å². The normalized spacial score (nSPS) is 18.3. The van der Waals surface area contributed by atoms with Crippen LogP contribution >= 0.6 is 22.6 Å². The number of aliphatic hydroxyl groups is 1. The summed E-state index contributed by atoms with van der Waals surface area (Å²) in [4.78, 5) is 36.5. The summed E-state index contributed by atoms with van der Waals surface area (Å²) in [6.45, 7) is 3.50. The molecule has 1 aliphatic carbocycles. The zero-order chi connectivity index (χ0) is 41.9. The number of nitrogens with one attached hydrogen (secondary N) is 2. The molecule has 3 atom stereocenters. The molecule has 4 aromatic heterocycles. The van der Waals surface area contributed by atoms with E-state index in [1.165, 1.54) is 54.8 Å². The molecule has 1 fully saturated rings. The number of hydrogen-bond acceptors (Lipinski definition) is 7. The molecule has 5 heterocycles. The van der Waals surface area contributed by atoms with E-state index in [4.69, 9.17) is 4.74 Å². The first kappa shape index (κ1) is 41.1. The highest BCUT2D eigenvalue weighted by Crippen LogP contribution is 2.58. The molecule has 304 valence electrons. The van der Waals surface area contributed by atoms with Crippen molar-refractivity contribution in [2.75, 3.05) is 13.2 Å². The van der Waals surface area contributed by atoms with Gasteiger partial charge < -0.3 is 24.9 Å². The number of rotatable bonds is 9. The highest BCUT2D eigenvalue weighted by atomic mass is 127. The molecule has 11 nitrogen and oxygen atoms in total. The van der Waals surface area contributed by atoms with E-state index in [0.29, 0.717) is 35.2 Å². The second-order valence-corrected chi connectivity index (χ2v) is 16.0. The van der Waals surface area contributed by atoms with E-state index in [2.05, 4.69) is 37.5 Å². The van der Waals surface area contributed by atoms with Gasteiger partial charge in [0, 0.05) is 51.2 Å². The van der Waals surface area contributed by atoms with Crippen LogP contribution in [0.1, 0.15) is 75.0 Å². The van der Waals surface area contributed by atoms with E-state index in [9.17, 15) is 36.6 Å². The van der Waals surface area contributed by atoms with Gasteiger partial charge in [0.15, 0.2) is 5.69 Å². The lowest BCUT2D eigenvalue weighted by molar-refractivity contribution is -0.142. The topological polar surface area (TPSA) is 136 Å². The molecule has 58 heavy (non-hydrogen) atoms. The molecular weight excluding hydrogens is 890 g/mol. The average molecular weight is 924 g/mol. The van der Waals surface area contributed by atoms with Gasteiger partial charge in [-0.1, -0.05) is 35.4 Å². The molecule has 19 heteroatoms. The van der Waals surface area contributed by atoms with Crippen molar-refractivity contribution in [2.24, 2.45) is 5.92 Å². The van der Waals surface area contributed by atoms with Crippen molar-refractivity contribution in [1.82, 2.24) is 34.8 Å². The maximum atomic E-state index is 15.6. The SMILES string of the molecule is C[C@@H]1[C@H](I)c2c(C(F)(F)F)nn(CC(=O)N[C@@H](Cc3cc(F)cc(F)c3)c3nc(C#CC(C)(C)O)ccc3-c3cc(C(=O)NC4COC4)c4nccn4c3)c2C1(F)F. The Morgan fingerprint density at radius 1 is 1.12 bits per heavy atom. The minimum Gasteiger partial charge on any atom is -0.378 e. The van der Waals surface area contributed by atoms with Crippen LogP contribution in [0.25, 0.3) is 16.8 Å². The van der Waals surface area contributed by atoms with Gasteiger partial charge >= 0.3 is 6.18 Å². The smallest absolute Gasteiger partial charge is 0.378 e. The molecule has 1 aromatic carbocycles. The summed E-state index contributed by atoms with van der Waals surface area (Å²) >= 11 is 1.51. The predicted octanol–water partition coefficient (Wildman–Crippen LogP) is 6.46. The number of alkyl halides is 6. The van der Waals surface area contributed by atoms with Gasteiger partial charge in [0.2, 0.25) is 5.91 Å².